The lowest BCUT2D eigenvalue weighted by Crippen LogP contribution is -2.09. The summed E-state index contributed by atoms with van der Waals surface area (Å²) in [4.78, 5) is 2.38. The van der Waals surface area contributed by atoms with Crippen LogP contribution in [-0.4, -0.2) is 9.13 Å². The van der Waals surface area contributed by atoms with Gasteiger partial charge >= 0.3 is 0 Å². The number of para-hydroxylation sites is 4. The lowest BCUT2D eigenvalue weighted by Gasteiger charge is -2.26. The molecule has 0 spiro atoms. The van der Waals surface area contributed by atoms with Gasteiger partial charge in [0.1, 0.15) is 0 Å². The minimum absolute atomic E-state index is 0.916. The van der Waals surface area contributed by atoms with Crippen molar-refractivity contribution in [2.75, 3.05) is 4.90 Å². The van der Waals surface area contributed by atoms with Crippen molar-refractivity contribution < 1.29 is 0 Å². The zero-order valence-corrected chi connectivity index (χ0v) is 25.3. The summed E-state index contributed by atoms with van der Waals surface area (Å²) in [5, 5.41) is 4.97. The molecule has 0 radical (unpaired) electrons. The fourth-order valence-electron chi connectivity index (χ4n) is 7.09. The van der Waals surface area contributed by atoms with E-state index in [9.17, 15) is 0 Å². The molecule has 46 heavy (non-hydrogen) atoms. The first-order valence-electron chi connectivity index (χ1n) is 15.9. The summed E-state index contributed by atoms with van der Waals surface area (Å²) in [5.41, 5.74) is 10.6. The van der Waals surface area contributed by atoms with Crippen molar-refractivity contribution in [3.8, 4) is 5.69 Å². The monoisotopic (exact) mass is 589 g/mol. The van der Waals surface area contributed by atoms with Gasteiger partial charge in [-0.05, 0) is 85.3 Å². The highest BCUT2D eigenvalue weighted by Crippen LogP contribution is 2.42. The van der Waals surface area contributed by atoms with Gasteiger partial charge in [-0.25, -0.2) is 0 Å². The molecule has 6 aromatic carbocycles. The van der Waals surface area contributed by atoms with Crippen molar-refractivity contribution in [3.63, 3.8) is 0 Å². The second kappa shape index (κ2) is 10.8. The SMILES string of the molecule is C1=CCC=C(n2c3ccccc3c3cc(N(c4ccccc4)c4ccc5c(c4)c4ccccc4n5-c4ccccc4)ccc32)C=C1. The number of allylic oxidation sites excluding steroid dienone is 6. The zero-order chi connectivity index (χ0) is 30.5. The van der Waals surface area contributed by atoms with E-state index in [1.165, 1.54) is 49.3 Å². The lowest BCUT2D eigenvalue weighted by molar-refractivity contribution is 1.18. The van der Waals surface area contributed by atoms with E-state index in [0.717, 1.165) is 29.2 Å². The quantitative estimate of drug-likeness (QED) is 0.195. The number of hydrogen-bond donors (Lipinski definition) is 0. The van der Waals surface area contributed by atoms with E-state index in [0.29, 0.717) is 0 Å². The maximum absolute atomic E-state index is 2.40. The summed E-state index contributed by atoms with van der Waals surface area (Å²) >= 11 is 0. The molecule has 0 amide bonds. The van der Waals surface area contributed by atoms with Crippen LogP contribution in [0.2, 0.25) is 0 Å². The number of fused-ring (bicyclic) bond motifs is 6. The van der Waals surface area contributed by atoms with Gasteiger partial charge in [0.05, 0.1) is 22.1 Å². The van der Waals surface area contributed by atoms with Crippen molar-refractivity contribution >= 4 is 66.4 Å². The number of rotatable bonds is 5. The Hall–Kier alpha value is -6.06. The van der Waals surface area contributed by atoms with Crippen LogP contribution in [-0.2, 0) is 0 Å². The molecule has 0 bridgehead atoms. The first-order valence-corrected chi connectivity index (χ1v) is 15.9. The maximum Gasteiger partial charge on any atom is 0.0542 e. The van der Waals surface area contributed by atoms with Gasteiger partial charge in [0, 0.05) is 50.0 Å². The van der Waals surface area contributed by atoms with E-state index in [4.69, 9.17) is 0 Å². The van der Waals surface area contributed by atoms with E-state index in [-0.39, 0.29) is 0 Å². The molecule has 0 fully saturated rings. The average Bonchev–Trinajstić information content (AvgIpc) is 3.47. The molecule has 0 saturated carbocycles. The average molecular weight is 590 g/mol. The Bertz CT molecular complexity index is 2490. The van der Waals surface area contributed by atoms with Gasteiger partial charge in [0.2, 0.25) is 0 Å². The van der Waals surface area contributed by atoms with Crippen LogP contribution in [0, 0.1) is 0 Å². The molecule has 3 heteroatoms. The summed E-state index contributed by atoms with van der Waals surface area (Å²) < 4.78 is 4.77. The van der Waals surface area contributed by atoms with Gasteiger partial charge in [-0.1, -0.05) is 97.1 Å². The molecule has 9 rings (SSSR count). The smallest absolute Gasteiger partial charge is 0.0542 e. The highest BCUT2D eigenvalue weighted by atomic mass is 15.1. The van der Waals surface area contributed by atoms with Crippen LogP contribution in [0.3, 0.4) is 0 Å². The van der Waals surface area contributed by atoms with E-state index in [2.05, 4.69) is 190 Å². The molecule has 0 N–H and O–H groups in total. The lowest BCUT2D eigenvalue weighted by atomic mass is 10.1. The minimum atomic E-state index is 0.916. The van der Waals surface area contributed by atoms with Crippen molar-refractivity contribution in [2.24, 2.45) is 0 Å². The molecular formula is C43H31N3. The Morgan fingerprint density at radius 3 is 1.65 bits per heavy atom. The first-order chi connectivity index (χ1) is 22.8. The van der Waals surface area contributed by atoms with E-state index >= 15 is 0 Å². The van der Waals surface area contributed by atoms with Crippen molar-refractivity contribution in [1.82, 2.24) is 9.13 Å². The Morgan fingerprint density at radius 2 is 0.978 bits per heavy atom. The van der Waals surface area contributed by atoms with Crippen molar-refractivity contribution in [3.05, 3.63) is 176 Å². The first kappa shape index (κ1) is 26.4. The molecule has 0 aliphatic heterocycles. The van der Waals surface area contributed by atoms with Gasteiger partial charge in [0.15, 0.2) is 0 Å². The van der Waals surface area contributed by atoms with Crippen LogP contribution in [0.4, 0.5) is 17.1 Å². The fourth-order valence-corrected chi connectivity index (χ4v) is 7.09. The fraction of sp³-hybridized carbons (Fsp3) is 0.0233. The Kier molecular flexibility index (Phi) is 6.20. The van der Waals surface area contributed by atoms with E-state index in [1.807, 2.05) is 0 Å². The van der Waals surface area contributed by atoms with Crippen LogP contribution in [0.5, 0.6) is 0 Å². The van der Waals surface area contributed by atoms with Crippen LogP contribution in [0.25, 0.3) is 55.0 Å². The van der Waals surface area contributed by atoms with Crippen molar-refractivity contribution in [1.29, 1.82) is 0 Å². The third kappa shape index (κ3) is 4.21. The van der Waals surface area contributed by atoms with E-state index < -0.39 is 0 Å². The second-order valence-corrected chi connectivity index (χ2v) is 11.8. The molecule has 0 unspecified atom stereocenters. The predicted octanol–water partition coefficient (Wildman–Crippen LogP) is 11.7. The Labute approximate surface area is 267 Å². The highest BCUT2D eigenvalue weighted by Gasteiger charge is 2.19. The van der Waals surface area contributed by atoms with Gasteiger partial charge in [-0.15, -0.1) is 0 Å². The van der Waals surface area contributed by atoms with Gasteiger partial charge in [0.25, 0.3) is 0 Å². The van der Waals surface area contributed by atoms with Crippen LogP contribution in [0.15, 0.2) is 176 Å². The molecule has 3 nitrogen and oxygen atoms in total. The largest absolute Gasteiger partial charge is 0.310 e. The summed E-state index contributed by atoms with van der Waals surface area (Å²) in [7, 11) is 0. The standard InChI is InChI=1S/C43H31N3/c1-2-6-18-32(17-5-1)45-40-23-13-11-21-36(40)38-29-34(25-27-42(38)45)44(31-15-7-3-8-16-31)35-26-28-43-39(30-35)37-22-12-14-24-41(37)46(43)33-19-9-4-10-20-33/h1-5,7-30H,6H2. The normalized spacial score (nSPS) is 13.1. The summed E-state index contributed by atoms with van der Waals surface area (Å²) in [6, 6.07) is 52.6. The zero-order valence-electron chi connectivity index (χ0n) is 25.3. The highest BCUT2D eigenvalue weighted by molar-refractivity contribution is 6.13. The molecule has 1 aliphatic carbocycles. The summed E-state index contributed by atoms with van der Waals surface area (Å²) in [5.74, 6) is 0. The molecule has 1 aliphatic rings. The minimum Gasteiger partial charge on any atom is -0.310 e. The van der Waals surface area contributed by atoms with Gasteiger partial charge in [-0.3, -0.25) is 0 Å². The predicted molar refractivity (Wildman–Crippen MR) is 196 cm³/mol. The summed E-state index contributed by atoms with van der Waals surface area (Å²) in [6.45, 7) is 0. The Morgan fingerprint density at radius 1 is 0.435 bits per heavy atom. The molecule has 8 aromatic rings. The van der Waals surface area contributed by atoms with Crippen LogP contribution >= 0.6 is 0 Å². The molecule has 218 valence electrons. The molecule has 0 saturated heterocycles. The number of aromatic nitrogens is 2. The number of nitrogens with zero attached hydrogens (tertiary/aromatic N) is 3. The Balaban J connectivity index is 1.27. The number of anilines is 3. The number of hydrogen-bond acceptors (Lipinski definition) is 1. The topological polar surface area (TPSA) is 13.1 Å². The van der Waals surface area contributed by atoms with Gasteiger partial charge in [-0.2, -0.15) is 0 Å². The van der Waals surface area contributed by atoms with Gasteiger partial charge < -0.3 is 14.0 Å². The molecule has 0 atom stereocenters. The molecule has 2 heterocycles. The molecule has 2 aromatic heterocycles. The third-order valence-electron chi connectivity index (χ3n) is 9.09. The third-order valence-corrected chi connectivity index (χ3v) is 9.09. The maximum atomic E-state index is 2.40. The summed E-state index contributed by atoms with van der Waals surface area (Å²) in [6.07, 6.45) is 11.9. The van der Waals surface area contributed by atoms with Crippen molar-refractivity contribution in [2.45, 2.75) is 6.42 Å². The van der Waals surface area contributed by atoms with Crippen LogP contribution < -0.4 is 4.90 Å². The number of benzene rings is 6. The van der Waals surface area contributed by atoms with E-state index in [1.54, 1.807) is 0 Å². The molecular weight excluding hydrogens is 558 g/mol. The second-order valence-electron chi connectivity index (χ2n) is 11.8. The van der Waals surface area contributed by atoms with Crippen LogP contribution in [0.1, 0.15) is 6.42 Å².